The molecule has 6 heteroatoms. The molecule has 2 unspecified atom stereocenters. The maximum absolute atomic E-state index is 11.8. The molecule has 20 heavy (non-hydrogen) atoms. The summed E-state index contributed by atoms with van der Waals surface area (Å²) in [7, 11) is 1.59. The number of aliphatic carboxylic acids is 1. The number of ether oxygens (including phenoxy) is 2. The largest absolute Gasteiger partial charge is 0.491 e. The van der Waals surface area contributed by atoms with Crippen LogP contribution in [0.1, 0.15) is 6.42 Å². The number of nitrogens with one attached hydrogen (secondary N) is 1. The second-order valence-electron chi connectivity index (χ2n) is 4.65. The zero-order valence-electron chi connectivity index (χ0n) is 11.2. The zero-order valence-corrected chi connectivity index (χ0v) is 11.2. The summed E-state index contributed by atoms with van der Waals surface area (Å²) in [4.78, 5) is 22.5. The molecule has 1 amide bonds. The smallest absolute Gasteiger partial charge is 0.307 e. The third-order valence-electron chi connectivity index (χ3n) is 3.10. The Bertz CT molecular complexity index is 502. The van der Waals surface area contributed by atoms with Crippen LogP contribution in [0, 0.1) is 11.8 Å². The van der Waals surface area contributed by atoms with Gasteiger partial charge in [-0.15, -0.1) is 0 Å². The molecule has 0 radical (unpaired) electrons. The van der Waals surface area contributed by atoms with Gasteiger partial charge in [0.25, 0.3) is 0 Å². The Morgan fingerprint density at radius 2 is 2.15 bits per heavy atom. The monoisotopic (exact) mass is 279 g/mol. The Hall–Kier alpha value is -2.08. The highest BCUT2D eigenvalue weighted by Crippen LogP contribution is 2.39. The number of carbonyl (C=O) groups excluding carboxylic acids is 1. The highest BCUT2D eigenvalue weighted by molar-refractivity contribution is 5.98. The van der Waals surface area contributed by atoms with Crippen LogP contribution in [0.5, 0.6) is 5.75 Å². The van der Waals surface area contributed by atoms with E-state index in [9.17, 15) is 9.59 Å². The number of carboxylic acid groups (broad SMARTS) is 1. The fourth-order valence-corrected chi connectivity index (χ4v) is 1.90. The van der Waals surface area contributed by atoms with Gasteiger partial charge in [0, 0.05) is 18.9 Å². The van der Waals surface area contributed by atoms with Gasteiger partial charge < -0.3 is 19.9 Å². The summed E-state index contributed by atoms with van der Waals surface area (Å²) in [5.41, 5.74) is 0.598. The fraction of sp³-hybridized carbons (Fsp3) is 0.429. The van der Waals surface area contributed by atoms with E-state index in [0.717, 1.165) is 0 Å². The molecule has 1 aromatic rings. The highest BCUT2D eigenvalue weighted by atomic mass is 16.5. The van der Waals surface area contributed by atoms with E-state index in [2.05, 4.69) is 5.32 Å². The lowest BCUT2D eigenvalue weighted by atomic mass is 10.2. The lowest BCUT2D eigenvalue weighted by molar-refractivity contribution is -0.139. The van der Waals surface area contributed by atoms with Gasteiger partial charge in [-0.2, -0.15) is 0 Å². The Kier molecular flexibility index (Phi) is 4.57. The van der Waals surface area contributed by atoms with Gasteiger partial charge in [-0.3, -0.25) is 9.59 Å². The average molecular weight is 279 g/mol. The Morgan fingerprint density at radius 3 is 2.80 bits per heavy atom. The van der Waals surface area contributed by atoms with Gasteiger partial charge in [-0.05, 0) is 18.6 Å². The third kappa shape index (κ3) is 3.71. The van der Waals surface area contributed by atoms with Crippen LogP contribution in [0.15, 0.2) is 24.3 Å². The van der Waals surface area contributed by atoms with Crippen molar-refractivity contribution >= 4 is 17.6 Å². The SMILES string of the molecule is COCCOc1cccc(NC(=O)C2CC2C(=O)O)c1. The predicted molar refractivity (Wildman–Crippen MR) is 71.7 cm³/mol. The van der Waals surface area contributed by atoms with Crippen LogP contribution >= 0.6 is 0 Å². The number of hydrogen-bond donors (Lipinski definition) is 2. The summed E-state index contributed by atoms with van der Waals surface area (Å²) in [5.74, 6) is -1.51. The predicted octanol–water partition coefficient (Wildman–Crippen LogP) is 1.37. The van der Waals surface area contributed by atoms with Gasteiger partial charge in [0.1, 0.15) is 12.4 Å². The van der Waals surface area contributed by atoms with E-state index in [1.54, 1.807) is 31.4 Å². The van der Waals surface area contributed by atoms with E-state index in [-0.39, 0.29) is 5.91 Å². The normalized spacial score (nSPS) is 20.2. The van der Waals surface area contributed by atoms with Crippen molar-refractivity contribution in [2.75, 3.05) is 25.6 Å². The molecular weight excluding hydrogens is 262 g/mol. The molecule has 0 spiro atoms. The first kappa shape index (κ1) is 14.3. The highest BCUT2D eigenvalue weighted by Gasteiger charge is 2.48. The van der Waals surface area contributed by atoms with Crippen LogP contribution in [-0.4, -0.2) is 37.3 Å². The summed E-state index contributed by atoms with van der Waals surface area (Å²) in [6, 6.07) is 6.98. The van der Waals surface area contributed by atoms with Crippen LogP contribution in [0.4, 0.5) is 5.69 Å². The van der Waals surface area contributed by atoms with Gasteiger partial charge in [0.2, 0.25) is 5.91 Å². The molecule has 0 aliphatic heterocycles. The number of benzene rings is 1. The lowest BCUT2D eigenvalue weighted by Gasteiger charge is -2.08. The second kappa shape index (κ2) is 6.38. The minimum atomic E-state index is -0.915. The molecule has 108 valence electrons. The molecule has 1 saturated carbocycles. The van der Waals surface area contributed by atoms with Crippen molar-refractivity contribution in [2.45, 2.75) is 6.42 Å². The maximum Gasteiger partial charge on any atom is 0.307 e. The summed E-state index contributed by atoms with van der Waals surface area (Å²) >= 11 is 0. The molecule has 0 saturated heterocycles. The second-order valence-corrected chi connectivity index (χ2v) is 4.65. The van der Waals surface area contributed by atoms with Crippen LogP contribution in [0.2, 0.25) is 0 Å². The molecule has 2 rings (SSSR count). The van der Waals surface area contributed by atoms with E-state index in [1.807, 2.05) is 0 Å². The molecular formula is C14H17NO5. The average Bonchev–Trinajstić information content (AvgIpc) is 3.20. The number of methoxy groups -OCH3 is 1. The third-order valence-corrected chi connectivity index (χ3v) is 3.10. The van der Waals surface area contributed by atoms with E-state index >= 15 is 0 Å². The van der Waals surface area contributed by atoms with Gasteiger partial charge >= 0.3 is 5.97 Å². The van der Waals surface area contributed by atoms with Crippen molar-refractivity contribution in [1.29, 1.82) is 0 Å². The van der Waals surface area contributed by atoms with E-state index < -0.39 is 17.8 Å². The molecule has 6 nitrogen and oxygen atoms in total. The molecule has 0 bridgehead atoms. The molecule has 1 fully saturated rings. The number of carbonyl (C=O) groups is 2. The first-order valence-corrected chi connectivity index (χ1v) is 6.37. The van der Waals surface area contributed by atoms with Crippen LogP contribution in [0.25, 0.3) is 0 Å². The van der Waals surface area contributed by atoms with Crippen molar-refractivity contribution in [1.82, 2.24) is 0 Å². The minimum Gasteiger partial charge on any atom is -0.491 e. The lowest BCUT2D eigenvalue weighted by Crippen LogP contribution is -2.16. The minimum absolute atomic E-state index is 0.258. The fourth-order valence-electron chi connectivity index (χ4n) is 1.90. The van der Waals surface area contributed by atoms with E-state index in [1.165, 1.54) is 0 Å². The Morgan fingerprint density at radius 1 is 1.35 bits per heavy atom. The molecule has 2 N–H and O–H groups in total. The van der Waals surface area contributed by atoms with Gasteiger partial charge in [-0.25, -0.2) is 0 Å². The number of rotatable bonds is 7. The number of anilines is 1. The summed E-state index contributed by atoms with van der Waals surface area (Å²) in [6.45, 7) is 0.913. The quantitative estimate of drug-likeness (QED) is 0.736. The molecule has 2 atom stereocenters. The van der Waals surface area contributed by atoms with Crippen molar-refractivity contribution in [2.24, 2.45) is 11.8 Å². The summed E-state index contributed by atoms with van der Waals surface area (Å²) in [6.07, 6.45) is 0.408. The molecule has 1 aromatic carbocycles. The van der Waals surface area contributed by atoms with Crippen LogP contribution in [-0.2, 0) is 14.3 Å². The number of amides is 1. The molecule has 1 aliphatic rings. The van der Waals surface area contributed by atoms with E-state index in [4.69, 9.17) is 14.6 Å². The first-order chi connectivity index (χ1) is 9.61. The standard InChI is InChI=1S/C14H17NO5/c1-19-5-6-20-10-4-2-3-9(7-10)15-13(16)11-8-12(11)14(17)18/h2-4,7,11-12H,5-6,8H2,1H3,(H,15,16)(H,17,18). The maximum atomic E-state index is 11.8. The van der Waals surface area contributed by atoms with Crippen LogP contribution < -0.4 is 10.1 Å². The topological polar surface area (TPSA) is 84.9 Å². The summed E-state index contributed by atoms with van der Waals surface area (Å²) < 4.78 is 10.3. The van der Waals surface area contributed by atoms with Crippen molar-refractivity contribution in [3.05, 3.63) is 24.3 Å². The number of carboxylic acids is 1. The molecule has 1 aliphatic carbocycles. The number of hydrogen-bond acceptors (Lipinski definition) is 4. The molecule has 0 aromatic heterocycles. The van der Waals surface area contributed by atoms with Crippen LogP contribution in [0.3, 0.4) is 0 Å². The van der Waals surface area contributed by atoms with Gasteiger partial charge in [-0.1, -0.05) is 6.07 Å². The zero-order chi connectivity index (χ0) is 14.5. The van der Waals surface area contributed by atoms with Gasteiger partial charge in [0.15, 0.2) is 0 Å². The Labute approximate surface area is 116 Å². The molecule has 0 heterocycles. The summed E-state index contributed by atoms with van der Waals surface area (Å²) in [5, 5.41) is 11.5. The Balaban J connectivity index is 1.88. The van der Waals surface area contributed by atoms with Crippen molar-refractivity contribution in [3.63, 3.8) is 0 Å². The van der Waals surface area contributed by atoms with Crippen molar-refractivity contribution < 1.29 is 24.2 Å². The first-order valence-electron chi connectivity index (χ1n) is 6.37. The van der Waals surface area contributed by atoms with Gasteiger partial charge in [0.05, 0.1) is 18.4 Å². The van der Waals surface area contributed by atoms with Crippen molar-refractivity contribution in [3.8, 4) is 5.75 Å². The van der Waals surface area contributed by atoms with E-state index in [0.29, 0.717) is 31.1 Å².